The van der Waals surface area contributed by atoms with Crippen LogP contribution < -0.4 is 5.32 Å². The van der Waals surface area contributed by atoms with Crippen molar-refractivity contribution in [1.29, 1.82) is 0 Å². The number of carbonyl (C=O) groups excluding carboxylic acids is 1. The molecule has 3 rings (SSSR count). The average Bonchev–Trinajstić information content (AvgIpc) is 2.59. The van der Waals surface area contributed by atoms with E-state index in [0.717, 1.165) is 31.2 Å². The molecule has 0 saturated carbocycles. The maximum atomic E-state index is 12.6. The first kappa shape index (κ1) is 17.7. The van der Waals surface area contributed by atoms with Gasteiger partial charge in [-0.1, -0.05) is 36.4 Å². The van der Waals surface area contributed by atoms with Gasteiger partial charge < -0.3 is 10.4 Å². The molecule has 0 fully saturated rings. The van der Waals surface area contributed by atoms with Crippen molar-refractivity contribution in [3.63, 3.8) is 0 Å². The molecule has 0 bridgehead atoms. The lowest BCUT2D eigenvalue weighted by Gasteiger charge is -2.25. The molecule has 1 atom stereocenters. The van der Waals surface area contributed by atoms with Crippen molar-refractivity contribution in [1.82, 2.24) is 5.32 Å². The largest absolute Gasteiger partial charge is 0.390 e. The second-order valence-corrected chi connectivity index (χ2v) is 7.69. The standard InChI is InChI=1S/C22H27NO2/c1-22(2,25)13-12-16-6-5-9-19(14-16)21(24)23-20-11-10-17-7-3-4-8-18(17)15-20/h3-9,14,20,25H,10-13,15H2,1-2H3,(H,23,24)/t20-/m1/s1. The van der Waals surface area contributed by atoms with Crippen LogP contribution in [0, 0.1) is 0 Å². The Bertz CT molecular complexity index is 746. The molecule has 25 heavy (non-hydrogen) atoms. The molecule has 0 saturated heterocycles. The van der Waals surface area contributed by atoms with Crippen LogP contribution in [0.15, 0.2) is 48.5 Å². The van der Waals surface area contributed by atoms with E-state index in [4.69, 9.17) is 0 Å². The van der Waals surface area contributed by atoms with Crippen molar-refractivity contribution in [3.05, 3.63) is 70.8 Å². The molecular weight excluding hydrogens is 310 g/mol. The molecule has 1 amide bonds. The van der Waals surface area contributed by atoms with Gasteiger partial charge in [0.05, 0.1) is 5.60 Å². The molecule has 3 nitrogen and oxygen atoms in total. The quantitative estimate of drug-likeness (QED) is 0.874. The first-order valence-electron chi connectivity index (χ1n) is 9.10. The second kappa shape index (κ2) is 7.40. The minimum absolute atomic E-state index is 0.00510. The number of rotatable bonds is 5. The van der Waals surface area contributed by atoms with E-state index in [0.29, 0.717) is 12.0 Å². The molecule has 0 unspecified atom stereocenters. The molecular formula is C22H27NO2. The molecule has 2 aromatic rings. The highest BCUT2D eigenvalue weighted by atomic mass is 16.3. The first-order chi connectivity index (χ1) is 11.9. The molecule has 132 valence electrons. The summed E-state index contributed by atoms with van der Waals surface area (Å²) in [6.07, 6.45) is 4.35. The third-order valence-electron chi connectivity index (χ3n) is 4.90. The van der Waals surface area contributed by atoms with E-state index in [2.05, 4.69) is 29.6 Å². The van der Waals surface area contributed by atoms with Crippen LogP contribution in [-0.4, -0.2) is 22.7 Å². The Morgan fingerprint density at radius 3 is 2.68 bits per heavy atom. The summed E-state index contributed by atoms with van der Waals surface area (Å²) in [6.45, 7) is 3.62. The normalized spacial score (nSPS) is 17.0. The van der Waals surface area contributed by atoms with E-state index in [-0.39, 0.29) is 11.9 Å². The SMILES string of the molecule is CC(C)(O)CCc1cccc(C(=O)N[C@@H]2CCc3ccccc3C2)c1. The number of aliphatic hydroxyl groups is 1. The average molecular weight is 337 g/mol. The monoisotopic (exact) mass is 337 g/mol. The predicted octanol–water partition coefficient (Wildman–Crippen LogP) is 3.68. The summed E-state index contributed by atoms with van der Waals surface area (Å²) in [5, 5.41) is 13.1. The van der Waals surface area contributed by atoms with Gasteiger partial charge in [0.25, 0.3) is 5.91 Å². The molecule has 0 radical (unpaired) electrons. The van der Waals surface area contributed by atoms with Crippen molar-refractivity contribution >= 4 is 5.91 Å². The van der Waals surface area contributed by atoms with Gasteiger partial charge in [-0.3, -0.25) is 4.79 Å². The Morgan fingerprint density at radius 1 is 1.16 bits per heavy atom. The highest BCUT2D eigenvalue weighted by molar-refractivity contribution is 5.94. The van der Waals surface area contributed by atoms with E-state index >= 15 is 0 Å². The molecule has 1 aliphatic carbocycles. The summed E-state index contributed by atoms with van der Waals surface area (Å²) in [7, 11) is 0. The summed E-state index contributed by atoms with van der Waals surface area (Å²) in [6, 6.07) is 16.4. The number of amides is 1. The van der Waals surface area contributed by atoms with Crippen LogP contribution in [-0.2, 0) is 19.3 Å². The fourth-order valence-corrected chi connectivity index (χ4v) is 3.41. The van der Waals surface area contributed by atoms with Crippen LogP contribution in [0.25, 0.3) is 0 Å². The lowest BCUT2D eigenvalue weighted by atomic mass is 9.88. The van der Waals surface area contributed by atoms with Crippen molar-refractivity contribution in [2.75, 3.05) is 0 Å². The number of hydrogen-bond acceptors (Lipinski definition) is 2. The molecule has 2 aromatic carbocycles. The molecule has 2 N–H and O–H groups in total. The van der Waals surface area contributed by atoms with Gasteiger partial charge >= 0.3 is 0 Å². The van der Waals surface area contributed by atoms with Crippen LogP contribution in [0.4, 0.5) is 0 Å². The summed E-state index contributed by atoms with van der Waals surface area (Å²) in [5.41, 5.74) is 3.85. The van der Waals surface area contributed by atoms with Crippen LogP contribution in [0.5, 0.6) is 0 Å². The third-order valence-corrected chi connectivity index (χ3v) is 4.90. The van der Waals surface area contributed by atoms with Gasteiger partial charge in [0.1, 0.15) is 0 Å². The van der Waals surface area contributed by atoms with Crippen LogP contribution in [0.3, 0.4) is 0 Å². The van der Waals surface area contributed by atoms with Gasteiger partial charge in [0.2, 0.25) is 0 Å². The van der Waals surface area contributed by atoms with E-state index in [9.17, 15) is 9.90 Å². The zero-order chi connectivity index (χ0) is 17.9. The van der Waals surface area contributed by atoms with Gasteiger partial charge in [-0.2, -0.15) is 0 Å². The first-order valence-corrected chi connectivity index (χ1v) is 9.10. The predicted molar refractivity (Wildman–Crippen MR) is 101 cm³/mol. The van der Waals surface area contributed by atoms with Gasteiger partial charge in [-0.05, 0) is 74.8 Å². The molecule has 0 heterocycles. The van der Waals surface area contributed by atoms with Crippen molar-refractivity contribution in [2.45, 2.75) is 57.6 Å². The maximum Gasteiger partial charge on any atom is 0.251 e. The highest BCUT2D eigenvalue weighted by Gasteiger charge is 2.20. The van der Waals surface area contributed by atoms with Gasteiger partial charge in [0, 0.05) is 11.6 Å². The Balaban J connectivity index is 1.62. The van der Waals surface area contributed by atoms with E-state index in [1.165, 1.54) is 11.1 Å². The summed E-state index contributed by atoms with van der Waals surface area (Å²) in [5.74, 6) is -0.00510. The zero-order valence-corrected chi connectivity index (χ0v) is 15.1. The number of aryl methyl sites for hydroxylation is 2. The Kier molecular flexibility index (Phi) is 5.24. The topological polar surface area (TPSA) is 49.3 Å². The fourth-order valence-electron chi connectivity index (χ4n) is 3.41. The van der Waals surface area contributed by atoms with Crippen molar-refractivity contribution in [2.24, 2.45) is 0 Å². The number of benzene rings is 2. The summed E-state index contributed by atoms with van der Waals surface area (Å²) >= 11 is 0. The number of hydrogen-bond donors (Lipinski definition) is 2. The minimum atomic E-state index is -0.687. The fraction of sp³-hybridized carbons (Fsp3) is 0.409. The van der Waals surface area contributed by atoms with Gasteiger partial charge in [0.15, 0.2) is 0 Å². The zero-order valence-electron chi connectivity index (χ0n) is 15.1. The van der Waals surface area contributed by atoms with E-state index < -0.39 is 5.60 Å². The highest BCUT2D eigenvalue weighted by Crippen LogP contribution is 2.21. The van der Waals surface area contributed by atoms with Gasteiger partial charge in [-0.15, -0.1) is 0 Å². The van der Waals surface area contributed by atoms with Crippen LogP contribution in [0.2, 0.25) is 0 Å². The molecule has 0 spiro atoms. The maximum absolute atomic E-state index is 12.6. The lowest BCUT2D eigenvalue weighted by molar-refractivity contribution is 0.0714. The van der Waals surface area contributed by atoms with Gasteiger partial charge in [-0.25, -0.2) is 0 Å². The number of nitrogens with one attached hydrogen (secondary N) is 1. The second-order valence-electron chi connectivity index (χ2n) is 7.69. The lowest BCUT2D eigenvalue weighted by Crippen LogP contribution is -2.38. The summed E-state index contributed by atoms with van der Waals surface area (Å²) in [4.78, 5) is 12.6. The minimum Gasteiger partial charge on any atom is -0.390 e. The van der Waals surface area contributed by atoms with Crippen molar-refractivity contribution in [3.8, 4) is 0 Å². The molecule has 1 aliphatic rings. The third kappa shape index (κ3) is 4.93. The number of carbonyl (C=O) groups is 1. The Hall–Kier alpha value is -2.13. The smallest absolute Gasteiger partial charge is 0.251 e. The van der Waals surface area contributed by atoms with Crippen molar-refractivity contribution < 1.29 is 9.90 Å². The summed E-state index contributed by atoms with van der Waals surface area (Å²) < 4.78 is 0. The molecule has 3 heteroatoms. The Morgan fingerprint density at radius 2 is 1.92 bits per heavy atom. The van der Waals surface area contributed by atoms with E-state index in [1.54, 1.807) is 0 Å². The number of fused-ring (bicyclic) bond motifs is 1. The van der Waals surface area contributed by atoms with Crippen LogP contribution >= 0.6 is 0 Å². The molecule has 0 aromatic heterocycles. The van der Waals surface area contributed by atoms with Crippen LogP contribution in [0.1, 0.15) is 53.7 Å². The van der Waals surface area contributed by atoms with E-state index in [1.807, 2.05) is 38.1 Å². The Labute approximate surface area is 150 Å². The molecule has 0 aliphatic heterocycles.